The van der Waals surface area contributed by atoms with Crippen molar-refractivity contribution in [2.45, 2.75) is 6.61 Å². The lowest BCUT2D eigenvalue weighted by atomic mass is 10.1. The van der Waals surface area contributed by atoms with Gasteiger partial charge >= 0.3 is 0 Å². The Balaban J connectivity index is 1.37. The minimum atomic E-state index is -0.314. The second kappa shape index (κ2) is 10.9. The lowest BCUT2D eigenvalue weighted by Crippen LogP contribution is -2.17. The molecule has 2 aromatic heterocycles. The van der Waals surface area contributed by atoms with Crippen molar-refractivity contribution in [3.8, 4) is 22.7 Å². The Kier molecular flexibility index (Phi) is 6.90. The number of ether oxygens (including phenoxy) is 1. The maximum atomic E-state index is 12.3. The van der Waals surface area contributed by atoms with E-state index in [-0.39, 0.29) is 5.91 Å². The van der Waals surface area contributed by atoms with E-state index in [4.69, 9.17) is 9.84 Å². The van der Waals surface area contributed by atoms with Crippen LogP contribution >= 0.6 is 0 Å². The molecular weight excluding hydrogens is 450 g/mol. The third-order valence-corrected chi connectivity index (χ3v) is 5.45. The van der Waals surface area contributed by atoms with Crippen LogP contribution in [0, 0.1) is 0 Å². The van der Waals surface area contributed by atoms with E-state index >= 15 is 0 Å². The summed E-state index contributed by atoms with van der Waals surface area (Å²) in [6, 6.07) is 30.9. The topological polar surface area (TPSA) is 81.4 Å². The number of aromatic nitrogens is 3. The number of carbonyl (C=O) groups is 1. The fraction of sp³-hybridized carbons (Fsp3) is 0.0345. The average molecular weight is 474 g/mol. The number of hydrogen-bond acceptors (Lipinski definition) is 5. The fourth-order valence-corrected chi connectivity index (χ4v) is 3.60. The van der Waals surface area contributed by atoms with Crippen LogP contribution in [0.1, 0.15) is 21.5 Å². The number of nitrogens with zero attached hydrogens (tertiary/aromatic N) is 4. The largest absolute Gasteiger partial charge is 0.489 e. The number of pyridine rings is 1. The van der Waals surface area contributed by atoms with Crippen molar-refractivity contribution in [2.75, 3.05) is 0 Å². The van der Waals surface area contributed by atoms with Gasteiger partial charge in [0.15, 0.2) is 0 Å². The lowest BCUT2D eigenvalue weighted by Gasteiger charge is -2.07. The van der Waals surface area contributed by atoms with E-state index in [1.54, 1.807) is 35.4 Å². The molecule has 0 aliphatic heterocycles. The van der Waals surface area contributed by atoms with Gasteiger partial charge in [0.05, 0.1) is 11.9 Å². The summed E-state index contributed by atoms with van der Waals surface area (Å²) in [6.45, 7) is 0.498. The van der Waals surface area contributed by atoms with Gasteiger partial charge in [-0.1, -0.05) is 48.5 Å². The zero-order valence-electron chi connectivity index (χ0n) is 19.4. The number of hydrazone groups is 1. The first kappa shape index (κ1) is 22.7. The highest BCUT2D eigenvalue weighted by molar-refractivity contribution is 5.95. The Bertz CT molecular complexity index is 1450. The minimum Gasteiger partial charge on any atom is -0.489 e. The van der Waals surface area contributed by atoms with E-state index in [2.05, 4.69) is 15.5 Å². The molecular formula is C29H23N5O2. The highest BCUT2D eigenvalue weighted by atomic mass is 16.5. The zero-order chi connectivity index (χ0) is 24.6. The van der Waals surface area contributed by atoms with Crippen LogP contribution in [0.3, 0.4) is 0 Å². The van der Waals surface area contributed by atoms with Crippen molar-refractivity contribution in [1.82, 2.24) is 20.2 Å². The van der Waals surface area contributed by atoms with E-state index < -0.39 is 0 Å². The molecule has 0 aliphatic rings. The second-order valence-corrected chi connectivity index (χ2v) is 7.95. The quantitative estimate of drug-likeness (QED) is 0.246. The molecule has 1 amide bonds. The van der Waals surface area contributed by atoms with Gasteiger partial charge in [-0.3, -0.25) is 9.78 Å². The van der Waals surface area contributed by atoms with Gasteiger partial charge in [0.25, 0.3) is 5.91 Å². The summed E-state index contributed by atoms with van der Waals surface area (Å²) in [5.74, 6) is 0.454. The van der Waals surface area contributed by atoms with Gasteiger partial charge in [-0.05, 0) is 54.1 Å². The molecule has 5 aromatic rings. The van der Waals surface area contributed by atoms with Gasteiger partial charge in [-0.15, -0.1) is 0 Å². The van der Waals surface area contributed by atoms with Crippen LogP contribution in [0.4, 0.5) is 0 Å². The third-order valence-electron chi connectivity index (χ3n) is 5.45. The van der Waals surface area contributed by atoms with Gasteiger partial charge < -0.3 is 4.74 Å². The van der Waals surface area contributed by atoms with Crippen molar-refractivity contribution in [3.05, 3.63) is 132 Å². The molecule has 2 heterocycles. The fourth-order valence-electron chi connectivity index (χ4n) is 3.60. The first-order valence-corrected chi connectivity index (χ1v) is 11.4. The Morgan fingerprint density at radius 3 is 2.31 bits per heavy atom. The highest BCUT2D eigenvalue weighted by Gasteiger charge is 2.12. The molecule has 1 N–H and O–H groups in total. The predicted molar refractivity (Wildman–Crippen MR) is 139 cm³/mol. The van der Waals surface area contributed by atoms with Gasteiger partial charge in [-0.25, -0.2) is 10.1 Å². The normalized spacial score (nSPS) is 10.9. The number of para-hydroxylation sites is 1. The number of carbonyl (C=O) groups excluding carboxylic acids is 1. The number of rotatable bonds is 8. The number of amides is 1. The molecule has 7 heteroatoms. The lowest BCUT2D eigenvalue weighted by molar-refractivity contribution is 0.0955. The van der Waals surface area contributed by atoms with Crippen LogP contribution in [-0.4, -0.2) is 26.9 Å². The van der Waals surface area contributed by atoms with E-state index in [0.29, 0.717) is 12.2 Å². The maximum Gasteiger partial charge on any atom is 0.271 e. The van der Waals surface area contributed by atoms with E-state index in [0.717, 1.165) is 33.8 Å². The molecule has 0 unspecified atom stereocenters. The summed E-state index contributed by atoms with van der Waals surface area (Å²) in [7, 11) is 0. The summed E-state index contributed by atoms with van der Waals surface area (Å²) < 4.78 is 7.71. The average Bonchev–Trinajstić information content (AvgIpc) is 3.38. The van der Waals surface area contributed by atoms with Crippen molar-refractivity contribution in [3.63, 3.8) is 0 Å². The zero-order valence-corrected chi connectivity index (χ0v) is 19.4. The molecule has 0 atom stereocenters. The summed E-state index contributed by atoms with van der Waals surface area (Å²) in [5.41, 5.74) is 7.46. The Labute approximate surface area is 208 Å². The Hall–Kier alpha value is -5.04. The first-order valence-electron chi connectivity index (χ1n) is 11.4. The molecule has 0 saturated carbocycles. The van der Waals surface area contributed by atoms with Crippen molar-refractivity contribution in [1.29, 1.82) is 0 Å². The molecule has 0 bridgehead atoms. The monoisotopic (exact) mass is 473 g/mol. The van der Waals surface area contributed by atoms with Gasteiger partial charge in [0, 0.05) is 35.3 Å². The highest BCUT2D eigenvalue weighted by Crippen LogP contribution is 2.25. The SMILES string of the molecule is O=C(N/N=C\c1cn(-c2ccccc2)nc1-c1ccc(OCc2ccccc2)cc1)c1ccncc1. The van der Waals surface area contributed by atoms with Crippen molar-refractivity contribution < 1.29 is 9.53 Å². The van der Waals surface area contributed by atoms with Crippen molar-refractivity contribution >= 4 is 12.1 Å². The van der Waals surface area contributed by atoms with Gasteiger partial charge in [0.1, 0.15) is 18.1 Å². The van der Waals surface area contributed by atoms with Gasteiger partial charge in [0.2, 0.25) is 0 Å². The molecule has 0 fully saturated rings. The number of benzene rings is 3. The standard InChI is InChI=1S/C29H23N5O2/c35-29(24-15-17-30-18-16-24)32-31-19-25-20-34(26-9-5-2-6-10-26)33-28(25)23-11-13-27(14-12-23)36-21-22-7-3-1-4-8-22/h1-20H,21H2,(H,32,35)/b31-19-. The summed E-state index contributed by atoms with van der Waals surface area (Å²) in [5, 5.41) is 8.96. The summed E-state index contributed by atoms with van der Waals surface area (Å²) in [6.07, 6.45) is 6.61. The molecule has 176 valence electrons. The smallest absolute Gasteiger partial charge is 0.271 e. The van der Waals surface area contributed by atoms with E-state index in [1.165, 1.54) is 0 Å². The maximum absolute atomic E-state index is 12.3. The summed E-state index contributed by atoms with van der Waals surface area (Å²) >= 11 is 0. The van der Waals surface area contributed by atoms with E-state index in [9.17, 15) is 4.79 Å². The first-order chi connectivity index (χ1) is 17.8. The van der Waals surface area contributed by atoms with Crippen molar-refractivity contribution in [2.24, 2.45) is 5.10 Å². The predicted octanol–water partition coefficient (Wildman–Crippen LogP) is 5.28. The molecule has 3 aromatic carbocycles. The molecule has 36 heavy (non-hydrogen) atoms. The van der Waals surface area contributed by atoms with Crippen LogP contribution in [0.5, 0.6) is 5.75 Å². The number of nitrogens with one attached hydrogen (secondary N) is 1. The Morgan fingerprint density at radius 2 is 1.58 bits per heavy atom. The molecule has 0 aliphatic carbocycles. The summed E-state index contributed by atoms with van der Waals surface area (Å²) in [4.78, 5) is 16.3. The van der Waals surface area contributed by atoms with Gasteiger partial charge in [-0.2, -0.15) is 10.2 Å². The Morgan fingerprint density at radius 1 is 0.889 bits per heavy atom. The number of hydrogen-bond donors (Lipinski definition) is 1. The van der Waals surface area contributed by atoms with Crippen LogP contribution in [0.15, 0.2) is 121 Å². The molecule has 7 nitrogen and oxygen atoms in total. The molecule has 0 spiro atoms. The molecule has 0 saturated heterocycles. The van der Waals surface area contributed by atoms with Crippen LogP contribution < -0.4 is 10.2 Å². The molecule has 0 radical (unpaired) electrons. The van der Waals surface area contributed by atoms with E-state index in [1.807, 2.05) is 91.1 Å². The van der Waals surface area contributed by atoms with Crippen LogP contribution in [0.25, 0.3) is 16.9 Å². The third kappa shape index (κ3) is 5.53. The second-order valence-electron chi connectivity index (χ2n) is 7.95. The molecule has 5 rings (SSSR count). The van der Waals surface area contributed by atoms with Crippen LogP contribution in [0.2, 0.25) is 0 Å². The van der Waals surface area contributed by atoms with Crippen LogP contribution in [-0.2, 0) is 6.61 Å². The minimum absolute atomic E-state index is 0.314.